The summed E-state index contributed by atoms with van der Waals surface area (Å²) in [5.41, 5.74) is 9.25. The summed E-state index contributed by atoms with van der Waals surface area (Å²) >= 11 is 0. The smallest absolute Gasteiger partial charge is 0.125 e. The Morgan fingerprint density at radius 2 is 2.00 bits per heavy atom. The van der Waals surface area contributed by atoms with Gasteiger partial charge in [-0.25, -0.2) is 4.39 Å². The van der Waals surface area contributed by atoms with Crippen molar-refractivity contribution < 1.29 is 4.39 Å². The molecule has 0 aliphatic carbocycles. The Kier molecular flexibility index (Phi) is 4.12. The molecule has 0 aliphatic rings. The summed E-state index contributed by atoms with van der Waals surface area (Å²) in [7, 11) is 1.99. The lowest BCUT2D eigenvalue weighted by Gasteiger charge is -2.17. The van der Waals surface area contributed by atoms with Crippen molar-refractivity contribution in [2.24, 2.45) is 0 Å². The molecular formula is C15H18FN3. The minimum absolute atomic E-state index is 0.302. The molecule has 2 rings (SSSR count). The van der Waals surface area contributed by atoms with Gasteiger partial charge in [0, 0.05) is 24.5 Å². The van der Waals surface area contributed by atoms with Gasteiger partial charge in [0.25, 0.3) is 0 Å². The number of pyridine rings is 1. The third kappa shape index (κ3) is 3.76. The second-order valence-electron chi connectivity index (χ2n) is 4.79. The normalized spacial score (nSPS) is 10.9. The van der Waals surface area contributed by atoms with E-state index in [9.17, 15) is 4.39 Å². The van der Waals surface area contributed by atoms with Gasteiger partial charge >= 0.3 is 0 Å². The van der Waals surface area contributed by atoms with Crippen LogP contribution in [0.2, 0.25) is 0 Å². The lowest BCUT2D eigenvalue weighted by atomic mass is 10.1. The number of benzene rings is 1. The number of hydrogen-bond acceptors (Lipinski definition) is 3. The summed E-state index contributed by atoms with van der Waals surface area (Å²) in [6.45, 7) is 3.38. The van der Waals surface area contributed by atoms with Crippen LogP contribution in [0.5, 0.6) is 0 Å². The zero-order valence-electron chi connectivity index (χ0n) is 11.2. The molecule has 3 nitrogen and oxygen atoms in total. The van der Waals surface area contributed by atoms with E-state index >= 15 is 0 Å². The Morgan fingerprint density at radius 1 is 1.21 bits per heavy atom. The van der Waals surface area contributed by atoms with E-state index in [0.717, 1.165) is 23.5 Å². The Bertz CT molecular complexity index is 569. The van der Waals surface area contributed by atoms with Gasteiger partial charge in [-0.1, -0.05) is 12.1 Å². The fourth-order valence-corrected chi connectivity index (χ4v) is 2.02. The second kappa shape index (κ2) is 5.80. The van der Waals surface area contributed by atoms with Crippen LogP contribution in [0.3, 0.4) is 0 Å². The molecular weight excluding hydrogens is 241 g/mol. The maximum absolute atomic E-state index is 13.0. The van der Waals surface area contributed by atoms with Crippen molar-refractivity contribution in [3.8, 4) is 0 Å². The first kappa shape index (κ1) is 13.5. The first-order valence-electron chi connectivity index (χ1n) is 6.19. The SMILES string of the molecule is Cc1cccc(CN(C)Cc2ccc(F)cc2N)n1. The zero-order valence-corrected chi connectivity index (χ0v) is 11.2. The van der Waals surface area contributed by atoms with Crippen LogP contribution in [-0.4, -0.2) is 16.9 Å². The highest BCUT2D eigenvalue weighted by atomic mass is 19.1. The molecule has 19 heavy (non-hydrogen) atoms. The number of nitrogens with two attached hydrogens (primary N) is 1. The fourth-order valence-electron chi connectivity index (χ4n) is 2.02. The first-order chi connectivity index (χ1) is 9.04. The number of aryl methyl sites for hydroxylation is 1. The maximum Gasteiger partial charge on any atom is 0.125 e. The average molecular weight is 259 g/mol. The fraction of sp³-hybridized carbons (Fsp3) is 0.267. The molecule has 0 saturated heterocycles. The van der Waals surface area contributed by atoms with Crippen molar-refractivity contribution in [2.45, 2.75) is 20.0 Å². The zero-order chi connectivity index (χ0) is 13.8. The first-order valence-corrected chi connectivity index (χ1v) is 6.19. The van der Waals surface area contributed by atoms with Gasteiger partial charge in [-0.05, 0) is 43.8 Å². The number of rotatable bonds is 4. The molecule has 0 spiro atoms. The predicted molar refractivity (Wildman–Crippen MR) is 75.0 cm³/mol. The van der Waals surface area contributed by atoms with Crippen LogP contribution in [0.15, 0.2) is 36.4 Å². The van der Waals surface area contributed by atoms with Crippen molar-refractivity contribution in [1.82, 2.24) is 9.88 Å². The molecule has 0 atom stereocenters. The summed E-state index contributed by atoms with van der Waals surface area (Å²) in [4.78, 5) is 6.56. The molecule has 1 heterocycles. The molecule has 4 heteroatoms. The number of hydrogen-bond donors (Lipinski definition) is 1. The highest BCUT2D eigenvalue weighted by Crippen LogP contribution is 2.16. The number of nitrogens with zero attached hydrogens (tertiary/aromatic N) is 2. The van der Waals surface area contributed by atoms with Gasteiger partial charge in [0.15, 0.2) is 0 Å². The summed E-state index contributed by atoms with van der Waals surface area (Å²) < 4.78 is 13.0. The van der Waals surface area contributed by atoms with Gasteiger partial charge in [-0.15, -0.1) is 0 Å². The van der Waals surface area contributed by atoms with Crippen LogP contribution >= 0.6 is 0 Å². The quantitative estimate of drug-likeness (QED) is 0.858. The van der Waals surface area contributed by atoms with E-state index in [-0.39, 0.29) is 5.82 Å². The highest BCUT2D eigenvalue weighted by molar-refractivity contribution is 5.46. The van der Waals surface area contributed by atoms with Gasteiger partial charge in [-0.2, -0.15) is 0 Å². The number of nitrogen functional groups attached to an aromatic ring is 1. The standard InChI is InChI=1S/C15H18FN3/c1-11-4-3-5-14(18-11)10-19(2)9-12-6-7-13(16)8-15(12)17/h3-8H,9-10,17H2,1-2H3. The molecule has 0 amide bonds. The van der Waals surface area contributed by atoms with Gasteiger partial charge in [0.2, 0.25) is 0 Å². The second-order valence-corrected chi connectivity index (χ2v) is 4.79. The van der Waals surface area contributed by atoms with Gasteiger partial charge < -0.3 is 5.73 Å². The van der Waals surface area contributed by atoms with Crippen LogP contribution < -0.4 is 5.73 Å². The van der Waals surface area contributed by atoms with Gasteiger partial charge in [0.1, 0.15) is 5.82 Å². The monoisotopic (exact) mass is 259 g/mol. The van der Waals surface area contributed by atoms with Gasteiger partial charge in [0.05, 0.1) is 5.69 Å². The van der Waals surface area contributed by atoms with Crippen LogP contribution in [0, 0.1) is 12.7 Å². The van der Waals surface area contributed by atoms with Crippen molar-refractivity contribution in [2.75, 3.05) is 12.8 Å². The van der Waals surface area contributed by atoms with E-state index in [1.54, 1.807) is 6.07 Å². The maximum atomic E-state index is 13.0. The third-order valence-corrected chi connectivity index (χ3v) is 2.93. The highest BCUT2D eigenvalue weighted by Gasteiger charge is 2.06. The van der Waals surface area contributed by atoms with Crippen LogP contribution in [-0.2, 0) is 13.1 Å². The summed E-state index contributed by atoms with van der Waals surface area (Å²) in [5, 5.41) is 0. The van der Waals surface area contributed by atoms with E-state index in [2.05, 4.69) is 9.88 Å². The minimum atomic E-state index is -0.302. The molecule has 0 radical (unpaired) electrons. The third-order valence-electron chi connectivity index (χ3n) is 2.93. The molecule has 1 aromatic carbocycles. The number of halogens is 1. The van der Waals surface area contributed by atoms with Gasteiger partial charge in [-0.3, -0.25) is 9.88 Å². The van der Waals surface area contributed by atoms with E-state index in [1.807, 2.05) is 32.2 Å². The molecule has 0 saturated carbocycles. The van der Waals surface area contributed by atoms with Crippen molar-refractivity contribution in [3.05, 3.63) is 59.2 Å². The summed E-state index contributed by atoms with van der Waals surface area (Å²) in [6, 6.07) is 10.5. The topological polar surface area (TPSA) is 42.1 Å². The molecule has 2 aromatic rings. The molecule has 0 fully saturated rings. The molecule has 0 aliphatic heterocycles. The molecule has 1 aromatic heterocycles. The Labute approximate surface area is 112 Å². The van der Waals surface area contributed by atoms with Crippen molar-refractivity contribution in [3.63, 3.8) is 0 Å². The lowest BCUT2D eigenvalue weighted by molar-refractivity contribution is 0.315. The van der Waals surface area contributed by atoms with Crippen LogP contribution in [0.4, 0.5) is 10.1 Å². The average Bonchev–Trinajstić information content (AvgIpc) is 2.33. The summed E-state index contributed by atoms with van der Waals surface area (Å²) in [5.74, 6) is -0.302. The van der Waals surface area contributed by atoms with Crippen molar-refractivity contribution in [1.29, 1.82) is 0 Å². The predicted octanol–water partition coefficient (Wildman–Crippen LogP) is 2.74. The number of aromatic nitrogens is 1. The molecule has 100 valence electrons. The Morgan fingerprint density at radius 3 is 2.68 bits per heavy atom. The Hall–Kier alpha value is -1.94. The van der Waals surface area contributed by atoms with E-state index in [1.165, 1.54) is 12.1 Å². The number of anilines is 1. The molecule has 0 unspecified atom stereocenters. The molecule has 0 bridgehead atoms. The van der Waals surface area contributed by atoms with E-state index in [0.29, 0.717) is 12.2 Å². The molecule has 2 N–H and O–H groups in total. The van der Waals surface area contributed by atoms with Crippen molar-refractivity contribution >= 4 is 5.69 Å². The van der Waals surface area contributed by atoms with Crippen LogP contribution in [0.25, 0.3) is 0 Å². The van der Waals surface area contributed by atoms with E-state index in [4.69, 9.17) is 5.73 Å². The summed E-state index contributed by atoms with van der Waals surface area (Å²) in [6.07, 6.45) is 0. The lowest BCUT2D eigenvalue weighted by Crippen LogP contribution is -2.19. The minimum Gasteiger partial charge on any atom is -0.398 e. The van der Waals surface area contributed by atoms with E-state index < -0.39 is 0 Å². The Balaban J connectivity index is 2.03. The largest absolute Gasteiger partial charge is 0.398 e. The van der Waals surface area contributed by atoms with Crippen LogP contribution in [0.1, 0.15) is 17.0 Å².